The first-order valence-electron chi connectivity index (χ1n) is 8.77. The van der Waals surface area contributed by atoms with Crippen molar-refractivity contribution in [3.8, 4) is 11.3 Å². The zero-order valence-electron chi connectivity index (χ0n) is 16.5. The van der Waals surface area contributed by atoms with Crippen LogP contribution in [-0.2, 0) is 9.59 Å². The average Bonchev–Trinajstić information content (AvgIpc) is 3.15. The number of benzene rings is 1. The number of aryl methyl sites for hydroxylation is 1. The topological polar surface area (TPSA) is 113 Å². The first-order valence-corrected chi connectivity index (χ1v) is 9.65. The van der Waals surface area contributed by atoms with E-state index in [9.17, 15) is 19.5 Å². The fourth-order valence-corrected chi connectivity index (χ4v) is 5.42. The molecule has 8 nitrogen and oxygen atoms in total. The van der Waals surface area contributed by atoms with Gasteiger partial charge in [0, 0.05) is 10.3 Å². The molecule has 1 aromatic carbocycles. The van der Waals surface area contributed by atoms with Crippen LogP contribution < -0.4 is 34.9 Å². The fraction of sp³-hybridized carbons (Fsp3) is 0.368. The molecule has 0 saturated carbocycles. The van der Waals surface area contributed by atoms with Crippen molar-refractivity contribution in [2.24, 2.45) is 0 Å². The maximum absolute atomic E-state index is 12.9. The molecule has 2 amide bonds. The smallest absolute Gasteiger partial charge is 0.480 e. The number of aromatic nitrogens is 1. The van der Waals surface area contributed by atoms with Gasteiger partial charge in [-0.1, -0.05) is 35.5 Å². The normalized spacial score (nSPS) is 24.3. The Balaban J connectivity index is 0.00000240. The molecule has 29 heavy (non-hydrogen) atoms. The third-order valence-corrected chi connectivity index (χ3v) is 6.67. The Labute approximate surface area is 193 Å². The van der Waals surface area contributed by atoms with E-state index in [0.717, 1.165) is 5.56 Å². The number of hydrogen-bond acceptors (Lipinski definition) is 6. The van der Waals surface area contributed by atoms with E-state index >= 15 is 0 Å². The average molecular weight is 424 g/mol. The second kappa shape index (κ2) is 7.79. The van der Waals surface area contributed by atoms with Crippen LogP contribution in [0.25, 0.3) is 11.3 Å². The predicted molar refractivity (Wildman–Crippen MR) is 102 cm³/mol. The molecule has 0 bridgehead atoms. The van der Waals surface area contributed by atoms with E-state index < -0.39 is 34.1 Å². The summed E-state index contributed by atoms with van der Waals surface area (Å²) in [6, 6.07) is 7.46. The summed E-state index contributed by atoms with van der Waals surface area (Å²) in [4.78, 5) is 38.5. The van der Waals surface area contributed by atoms with Gasteiger partial charge in [-0.05, 0) is 20.8 Å². The standard InChI is InChI=1S/C19H19N3O5S.Na/c1-9-11(12(21-27-9)10-7-5-4-6-8-10)15(23)20-13-16(24)22-14(18(25)26)19(2,3)28-17(13)22;/h4-8,13-14,17H,1-3H3,(H,20,23)(H,25,26);/q;+1. The Morgan fingerprint density at radius 2 is 1.93 bits per heavy atom. The minimum Gasteiger partial charge on any atom is -0.480 e. The summed E-state index contributed by atoms with van der Waals surface area (Å²) >= 11 is 1.38. The van der Waals surface area contributed by atoms with Crippen molar-refractivity contribution in [1.29, 1.82) is 0 Å². The van der Waals surface area contributed by atoms with Crippen LogP contribution in [0.1, 0.15) is 30.0 Å². The van der Waals surface area contributed by atoms with Gasteiger partial charge in [-0.2, -0.15) is 0 Å². The maximum atomic E-state index is 12.9. The van der Waals surface area contributed by atoms with Crippen molar-refractivity contribution in [2.45, 2.75) is 43.0 Å². The third-order valence-electron chi connectivity index (χ3n) is 5.10. The molecule has 0 aliphatic carbocycles. The number of rotatable bonds is 4. The molecule has 1 aromatic heterocycles. The van der Waals surface area contributed by atoms with Crippen molar-refractivity contribution in [3.05, 3.63) is 41.7 Å². The second-order valence-electron chi connectivity index (χ2n) is 7.38. The minimum atomic E-state index is -1.04. The molecule has 2 fully saturated rings. The molecule has 2 aliphatic heterocycles. The number of nitrogens with one attached hydrogen (secondary N) is 1. The van der Waals surface area contributed by atoms with E-state index in [0.29, 0.717) is 11.5 Å². The van der Waals surface area contributed by atoms with Gasteiger partial charge in [-0.25, -0.2) is 4.79 Å². The molecule has 2 aliphatic rings. The van der Waals surface area contributed by atoms with E-state index in [-0.39, 0.29) is 41.0 Å². The molecule has 0 spiro atoms. The van der Waals surface area contributed by atoms with Gasteiger partial charge in [0.1, 0.15) is 34.5 Å². The van der Waals surface area contributed by atoms with Gasteiger partial charge in [0.05, 0.1) is 0 Å². The molecule has 2 N–H and O–H groups in total. The molecular formula is C19H19N3NaO5S+. The Morgan fingerprint density at radius 3 is 2.55 bits per heavy atom. The van der Waals surface area contributed by atoms with Crippen LogP contribution >= 0.6 is 11.8 Å². The van der Waals surface area contributed by atoms with Crippen LogP contribution in [0.15, 0.2) is 34.9 Å². The van der Waals surface area contributed by atoms with Crippen LogP contribution in [0.4, 0.5) is 0 Å². The van der Waals surface area contributed by atoms with E-state index in [4.69, 9.17) is 4.52 Å². The largest absolute Gasteiger partial charge is 1.00 e. The van der Waals surface area contributed by atoms with Crippen LogP contribution in [-0.4, -0.2) is 55.2 Å². The van der Waals surface area contributed by atoms with Gasteiger partial charge < -0.3 is 19.8 Å². The number of hydrogen-bond donors (Lipinski definition) is 2. The van der Waals surface area contributed by atoms with E-state index in [1.54, 1.807) is 20.8 Å². The summed E-state index contributed by atoms with van der Waals surface area (Å²) in [5.74, 6) is -1.55. The number of amides is 2. The summed E-state index contributed by atoms with van der Waals surface area (Å²) in [6.45, 7) is 5.22. The zero-order valence-corrected chi connectivity index (χ0v) is 19.3. The van der Waals surface area contributed by atoms with Crippen LogP contribution in [0.5, 0.6) is 0 Å². The quantitative estimate of drug-likeness (QED) is 0.473. The molecule has 146 valence electrons. The summed E-state index contributed by atoms with van der Waals surface area (Å²) in [5.41, 5.74) is 1.41. The number of aliphatic carboxylic acids is 1. The number of β-lactam (4-membered cyclic amide) rings is 1. The Bertz CT molecular complexity index is 977. The predicted octanol–water partition coefficient (Wildman–Crippen LogP) is -1.10. The number of carboxylic acids is 1. The van der Waals surface area contributed by atoms with Gasteiger partial charge in [-0.15, -0.1) is 11.8 Å². The van der Waals surface area contributed by atoms with Crippen molar-refractivity contribution in [3.63, 3.8) is 0 Å². The second-order valence-corrected chi connectivity index (χ2v) is 9.15. The maximum Gasteiger partial charge on any atom is 1.00 e. The third kappa shape index (κ3) is 3.50. The van der Waals surface area contributed by atoms with E-state index in [1.165, 1.54) is 16.7 Å². The molecule has 3 heterocycles. The monoisotopic (exact) mass is 424 g/mol. The first kappa shape index (κ1) is 21.9. The van der Waals surface area contributed by atoms with Crippen LogP contribution in [0.3, 0.4) is 0 Å². The van der Waals surface area contributed by atoms with Gasteiger partial charge in [-0.3, -0.25) is 9.59 Å². The van der Waals surface area contributed by atoms with Crippen molar-refractivity contribution < 1.29 is 53.6 Å². The van der Waals surface area contributed by atoms with Crippen molar-refractivity contribution in [2.75, 3.05) is 0 Å². The van der Waals surface area contributed by atoms with Gasteiger partial charge in [0.2, 0.25) is 5.91 Å². The number of thioether (sulfide) groups is 1. The fourth-order valence-electron chi connectivity index (χ4n) is 3.79. The zero-order chi connectivity index (χ0) is 20.2. The summed E-state index contributed by atoms with van der Waals surface area (Å²) in [7, 11) is 0. The van der Waals surface area contributed by atoms with Gasteiger partial charge >= 0.3 is 35.5 Å². The summed E-state index contributed by atoms with van der Waals surface area (Å²) < 4.78 is 4.57. The number of nitrogens with zero attached hydrogens (tertiary/aromatic N) is 2. The summed E-state index contributed by atoms with van der Waals surface area (Å²) in [6.07, 6.45) is 0. The number of fused-ring (bicyclic) bond motifs is 1. The number of carboxylic acid groups (broad SMARTS) is 1. The Hall–Kier alpha value is -1.81. The number of carbonyl (C=O) groups excluding carboxylic acids is 2. The number of carbonyl (C=O) groups is 3. The minimum absolute atomic E-state index is 0. The molecule has 3 atom stereocenters. The molecule has 2 saturated heterocycles. The van der Waals surface area contributed by atoms with Crippen molar-refractivity contribution >= 4 is 29.5 Å². The Morgan fingerprint density at radius 1 is 1.28 bits per heavy atom. The van der Waals surface area contributed by atoms with E-state index in [1.807, 2.05) is 30.3 Å². The molecule has 2 aromatic rings. The summed E-state index contributed by atoms with van der Waals surface area (Å²) in [5, 5.41) is 15.8. The van der Waals surface area contributed by atoms with E-state index in [2.05, 4.69) is 10.5 Å². The van der Waals surface area contributed by atoms with Gasteiger partial charge in [0.25, 0.3) is 5.91 Å². The van der Waals surface area contributed by atoms with Crippen LogP contribution in [0, 0.1) is 6.92 Å². The molecule has 0 radical (unpaired) electrons. The Kier molecular flexibility index (Phi) is 5.88. The molecule has 3 unspecified atom stereocenters. The first-order chi connectivity index (χ1) is 13.2. The van der Waals surface area contributed by atoms with Crippen molar-refractivity contribution in [1.82, 2.24) is 15.4 Å². The molecular weight excluding hydrogens is 405 g/mol. The SMILES string of the molecule is Cc1onc(-c2ccccc2)c1C(=O)NC1C(=O)N2C1SC(C)(C)C2C(=O)O.[Na+]. The van der Waals surface area contributed by atoms with Gasteiger partial charge in [0.15, 0.2) is 0 Å². The van der Waals surface area contributed by atoms with Crippen LogP contribution in [0.2, 0.25) is 0 Å². The molecule has 10 heteroatoms. The molecule has 4 rings (SSSR count).